The van der Waals surface area contributed by atoms with Crippen molar-refractivity contribution in [2.45, 2.75) is 0 Å². The third kappa shape index (κ3) is 2.61. The lowest BCUT2D eigenvalue weighted by Gasteiger charge is -2.08. The van der Waals surface area contributed by atoms with Crippen LogP contribution in [-0.4, -0.2) is 26.1 Å². The molecule has 0 saturated carbocycles. The average Bonchev–Trinajstić information content (AvgIpc) is 3.16. The van der Waals surface area contributed by atoms with E-state index in [1.165, 1.54) is 6.33 Å². The summed E-state index contributed by atoms with van der Waals surface area (Å²) in [5, 5.41) is 10.5. The van der Waals surface area contributed by atoms with Gasteiger partial charge in [-0.2, -0.15) is 5.10 Å². The van der Waals surface area contributed by atoms with Gasteiger partial charge in [-0.25, -0.2) is 4.98 Å². The molecular weight excluding hydrogens is 302 g/mol. The minimum Gasteiger partial charge on any atom is -0.322 e. The fraction of sp³-hybridized carbons (Fsp3) is 0. The van der Waals surface area contributed by atoms with Gasteiger partial charge in [0.2, 0.25) is 0 Å². The quantitative estimate of drug-likeness (QED) is 0.608. The molecule has 116 valence electrons. The standard InChI is InChI=1S/C18H13N5O/c24-18(15-8-2-4-12-6-3-9-19-16(12)15)22-14-7-1-5-13(10-14)17-20-11-21-23-17/h1-11H,(H,22,24)(H,20,21,23). The number of benzene rings is 2. The van der Waals surface area contributed by atoms with E-state index in [1.807, 2.05) is 48.5 Å². The van der Waals surface area contributed by atoms with E-state index in [0.717, 1.165) is 10.9 Å². The van der Waals surface area contributed by atoms with Crippen LogP contribution in [0.4, 0.5) is 5.69 Å². The zero-order chi connectivity index (χ0) is 16.4. The number of fused-ring (bicyclic) bond motifs is 1. The number of carbonyl (C=O) groups is 1. The van der Waals surface area contributed by atoms with E-state index >= 15 is 0 Å². The number of rotatable bonds is 3. The SMILES string of the molecule is O=C(Nc1cccc(-c2ncn[nH]2)c1)c1cccc2cccnc12. The molecular formula is C18H13N5O. The van der Waals surface area contributed by atoms with Gasteiger partial charge < -0.3 is 5.32 Å². The molecule has 2 heterocycles. The van der Waals surface area contributed by atoms with Crippen molar-refractivity contribution in [2.75, 3.05) is 5.32 Å². The molecule has 0 aliphatic carbocycles. The number of pyridine rings is 1. The average molecular weight is 315 g/mol. The fourth-order valence-electron chi connectivity index (χ4n) is 2.57. The van der Waals surface area contributed by atoms with Gasteiger partial charge in [-0.1, -0.05) is 30.3 Å². The number of anilines is 1. The van der Waals surface area contributed by atoms with E-state index in [4.69, 9.17) is 0 Å². The fourth-order valence-corrected chi connectivity index (χ4v) is 2.57. The molecule has 0 atom stereocenters. The Balaban J connectivity index is 1.66. The first-order chi connectivity index (χ1) is 11.8. The summed E-state index contributed by atoms with van der Waals surface area (Å²) in [5.41, 5.74) is 2.75. The van der Waals surface area contributed by atoms with Gasteiger partial charge >= 0.3 is 0 Å². The molecule has 0 radical (unpaired) electrons. The number of carbonyl (C=O) groups excluding carboxylic acids is 1. The summed E-state index contributed by atoms with van der Waals surface area (Å²) in [6.07, 6.45) is 3.13. The number of para-hydroxylation sites is 1. The minimum atomic E-state index is -0.200. The highest BCUT2D eigenvalue weighted by Crippen LogP contribution is 2.21. The predicted molar refractivity (Wildman–Crippen MR) is 91.5 cm³/mol. The second-order valence-corrected chi connectivity index (χ2v) is 5.25. The molecule has 0 fully saturated rings. The Morgan fingerprint density at radius 2 is 1.88 bits per heavy atom. The normalized spacial score (nSPS) is 10.7. The number of nitrogens with zero attached hydrogens (tertiary/aromatic N) is 3. The second kappa shape index (κ2) is 5.92. The molecule has 0 aliphatic heterocycles. The van der Waals surface area contributed by atoms with Crippen LogP contribution in [0.1, 0.15) is 10.4 Å². The maximum Gasteiger partial charge on any atom is 0.257 e. The number of hydrogen-bond donors (Lipinski definition) is 2. The number of aromatic nitrogens is 4. The molecule has 4 rings (SSSR count). The van der Waals surface area contributed by atoms with Crippen LogP contribution in [0.2, 0.25) is 0 Å². The van der Waals surface area contributed by atoms with Crippen molar-refractivity contribution in [3.05, 3.63) is 72.7 Å². The lowest BCUT2D eigenvalue weighted by Crippen LogP contribution is -2.12. The van der Waals surface area contributed by atoms with E-state index < -0.39 is 0 Å². The topological polar surface area (TPSA) is 83.6 Å². The van der Waals surface area contributed by atoms with Crippen molar-refractivity contribution in [3.63, 3.8) is 0 Å². The molecule has 4 aromatic rings. The Kier molecular flexibility index (Phi) is 3.47. The van der Waals surface area contributed by atoms with Gasteiger partial charge in [0.1, 0.15) is 6.33 Å². The van der Waals surface area contributed by atoms with E-state index in [1.54, 1.807) is 12.3 Å². The van der Waals surface area contributed by atoms with Gasteiger partial charge in [-0.05, 0) is 24.3 Å². The summed E-state index contributed by atoms with van der Waals surface area (Å²) in [7, 11) is 0. The Labute approximate surface area is 137 Å². The van der Waals surface area contributed by atoms with Crippen LogP contribution in [0.3, 0.4) is 0 Å². The molecule has 1 amide bonds. The number of amides is 1. The Hall–Kier alpha value is -3.54. The van der Waals surface area contributed by atoms with Crippen LogP contribution in [0.15, 0.2) is 67.1 Å². The van der Waals surface area contributed by atoms with Crippen molar-refractivity contribution in [1.82, 2.24) is 20.2 Å². The molecule has 2 aromatic heterocycles. The van der Waals surface area contributed by atoms with Crippen LogP contribution < -0.4 is 5.32 Å². The van der Waals surface area contributed by atoms with Crippen LogP contribution in [0.5, 0.6) is 0 Å². The van der Waals surface area contributed by atoms with Gasteiger partial charge in [-0.15, -0.1) is 0 Å². The lowest BCUT2D eigenvalue weighted by atomic mass is 10.1. The molecule has 6 heteroatoms. The smallest absolute Gasteiger partial charge is 0.257 e. The first-order valence-electron chi connectivity index (χ1n) is 7.42. The lowest BCUT2D eigenvalue weighted by molar-refractivity contribution is 0.102. The summed E-state index contributed by atoms with van der Waals surface area (Å²) in [4.78, 5) is 21.1. The molecule has 6 nitrogen and oxygen atoms in total. The number of aromatic amines is 1. The zero-order valence-corrected chi connectivity index (χ0v) is 12.6. The van der Waals surface area contributed by atoms with E-state index in [9.17, 15) is 4.79 Å². The van der Waals surface area contributed by atoms with Gasteiger partial charge in [0.25, 0.3) is 5.91 Å². The summed E-state index contributed by atoms with van der Waals surface area (Å²) in [6.45, 7) is 0. The molecule has 0 saturated heterocycles. The van der Waals surface area contributed by atoms with Crippen LogP contribution in [0, 0.1) is 0 Å². The Morgan fingerprint density at radius 1 is 1.00 bits per heavy atom. The van der Waals surface area contributed by atoms with Gasteiger partial charge in [0.15, 0.2) is 5.82 Å². The highest BCUT2D eigenvalue weighted by molar-refractivity contribution is 6.11. The third-order valence-electron chi connectivity index (χ3n) is 3.69. The highest BCUT2D eigenvalue weighted by Gasteiger charge is 2.11. The van der Waals surface area contributed by atoms with Crippen molar-refractivity contribution >= 4 is 22.5 Å². The number of hydrogen-bond acceptors (Lipinski definition) is 4. The maximum absolute atomic E-state index is 12.6. The molecule has 24 heavy (non-hydrogen) atoms. The minimum absolute atomic E-state index is 0.200. The van der Waals surface area contributed by atoms with E-state index in [0.29, 0.717) is 22.6 Å². The predicted octanol–water partition coefficient (Wildman–Crippen LogP) is 3.27. The maximum atomic E-state index is 12.6. The Morgan fingerprint density at radius 3 is 2.75 bits per heavy atom. The number of H-pyrrole nitrogens is 1. The third-order valence-corrected chi connectivity index (χ3v) is 3.69. The molecule has 0 aliphatic rings. The monoisotopic (exact) mass is 315 g/mol. The first kappa shape index (κ1) is 14.1. The van der Waals surface area contributed by atoms with Gasteiger partial charge in [-0.3, -0.25) is 14.9 Å². The molecule has 0 spiro atoms. The van der Waals surface area contributed by atoms with Crippen LogP contribution >= 0.6 is 0 Å². The summed E-state index contributed by atoms with van der Waals surface area (Å²) >= 11 is 0. The second-order valence-electron chi connectivity index (χ2n) is 5.25. The van der Waals surface area contributed by atoms with Crippen molar-refractivity contribution in [1.29, 1.82) is 0 Å². The van der Waals surface area contributed by atoms with Gasteiger partial charge in [0, 0.05) is 22.8 Å². The molecule has 0 bridgehead atoms. The molecule has 2 N–H and O–H groups in total. The number of nitrogens with one attached hydrogen (secondary N) is 2. The Bertz CT molecular complexity index is 1010. The summed E-state index contributed by atoms with van der Waals surface area (Å²) in [5.74, 6) is 0.451. The molecule has 2 aromatic carbocycles. The largest absolute Gasteiger partial charge is 0.322 e. The zero-order valence-electron chi connectivity index (χ0n) is 12.6. The van der Waals surface area contributed by atoms with Crippen molar-refractivity contribution < 1.29 is 4.79 Å². The highest BCUT2D eigenvalue weighted by atomic mass is 16.1. The first-order valence-corrected chi connectivity index (χ1v) is 7.42. The van der Waals surface area contributed by atoms with Crippen molar-refractivity contribution in [3.8, 4) is 11.4 Å². The molecule has 0 unspecified atom stereocenters. The van der Waals surface area contributed by atoms with E-state index in [2.05, 4.69) is 25.5 Å². The van der Waals surface area contributed by atoms with Gasteiger partial charge in [0.05, 0.1) is 11.1 Å². The summed E-state index contributed by atoms with van der Waals surface area (Å²) < 4.78 is 0. The van der Waals surface area contributed by atoms with Crippen molar-refractivity contribution in [2.24, 2.45) is 0 Å². The summed E-state index contributed by atoms with van der Waals surface area (Å²) in [6, 6.07) is 16.8. The van der Waals surface area contributed by atoms with Crippen LogP contribution in [-0.2, 0) is 0 Å². The van der Waals surface area contributed by atoms with E-state index in [-0.39, 0.29) is 5.91 Å². The van der Waals surface area contributed by atoms with Crippen LogP contribution in [0.25, 0.3) is 22.3 Å².